The molecule has 158 valence electrons. The summed E-state index contributed by atoms with van der Waals surface area (Å²) in [6, 6.07) is 10.2. The first-order valence-electron chi connectivity index (χ1n) is 8.92. The normalized spacial score (nSPS) is 18.1. The number of rotatable bonds is 7. The molecule has 0 spiro atoms. The summed E-state index contributed by atoms with van der Waals surface area (Å²) in [5, 5.41) is 19.2. The van der Waals surface area contributed by atoms with Gasteiger partial charge in [0.2, 0.25) is 0 Å². The summed E-state index contributed by atoms with van der Waals surface area (Å²) in [6.45, 7) is 1.01. The SMILES string of the molecule is I.O=[N+]([O-])c1ccc(CN=C(NCCc2cccs2)NC2CCS(=O)(=O)C2)cc1. The average molecular weight is 550 g/mol. The van der Waals surface area contributed by atoms with E-state index in [-0.39, 0.29) is 47.2 Å². The zero-order chi connectivity index (χ0) is 20.0. The van der Waals surface area contributed by atoms with Gasteiger partial charge in [-0.1, -0.05) is 18.2 Å². The number of nitrogens with zero attached hydrogens (tertiary/aromatic N) is 2. The lowest BCUT2D eigenvalue weighted by atomic mass is 10.2. The molecule has 0 bridgehead atoms. The summed E-state index contributed by atoms with van der Waals surface area (Å²) in [6.07, 6.45) is 1.41. The fourth-order valence-corrected chi connectivity index (χ4v) is 5.29. The molecule has 1 aromatic carbocycles. The van der Waals surface area contributed by atoms with Gasteiger partial charge in [-0.05, 0) is 29.9 Å². The highest BCUT2D eigenvalue weighted by atomic mass is 127. The van der Waals surface area contributed by atoms with E-state index in [2.05, 4.69) is 21.7 Å². The molecule has 1 aliphatic heterocycles. The lowest BCUT2D eigenvalue weighted by Crippen LogP contribution is -2.44. The molecule has 1 unspecified atom stereocenters. The van der Waals surface area contributed by atoms with E-state index in [9.17, 15) is 18.5 Å². The Morgan fingerprint density at radius 3 is 2.62 bits per heavy atom. The Morgan fingerprint density at radius 2 is 2.03 bits per heavy atom. The quantitative estimate of drug-likeness (QED) is 0.180. The van der Waals surface area contributed by atoms with Gasteiger partial charge in [0.15, 0.2) is 15.8 Å². The molecule has 0 aliphatic carbocycles. The number of guanidine groups is 1. The average Bonchev–Trinajstić information content (AvgIpc) is 3.29. The van der Waals surface area contributed by atoms with Crippen molar-refractivity contribution in [1.82, 2.24) is 10.6 Å². The fourth-order valence-electron chi connectivity index (χ4n) is 2.91. The van der Waals surface area contributed by atoms with E-state index in [1.165, 1.54) is 17.0 Å². The van der Waals surface area contributed by atoms with Crippen molar-refractivity contribution in [2.24, 2.45) is 4.99 Å². The van der Waals surface area contributed by atoms with Gasteiger partial charge in [0.25, 0.3) is 5.69 Å². The Morgan fingerprint density at radius 1 is 1.28 bits per heavy atom. The minimum Gasteiger partial charge on any atom is -0.356 e. The van der Waals surface area contributed by atoms with E-state index >= 15 is 0 Å². The highest BCUT2D eigenvalue weighted by Crippen LogP contribution is 2.14. The summed E-state index contributed by atoms with van der Waals surface area (Å²) >= 11 is 1.69. The van der Waals surface area contributed by atoms with Crippen molar-refractivity contribution >= 4 is 56.8 Å². The summed E-state index contributed by atoms with van der Waals surface area (Å²) < 4.78 is 23.4. The van der Waals surface area contributed by atoms with E-state index in [1.54, 1.807) is 23.5 Å². The van der Waals surface area contributed by atoms with Gasteiger partial charge in [-0.2, -0.15) is 0 Å². The molecule has 2 N–H and O–H groups in total. The smallest absolute Gasteiger partial charge is 0.269 e. The van der Waals surface area contributed by atoms with Crippen LogP contribution in [-0.4, -0.2) is 43.4 Å². The highest BCUT2D eigenvalue weighted by Gasteiger charge is 2.28. The molecule has 1 aromatic heterocycles. The molecule has 1 saturated heterocycles. The molecular formula is C18H23IN4O4S2. The molecule has 1 atom stereocenters. The standard InChI is InChI=1S/C18H22N4O4S2.HI/c23-22(24)16-5-3-14(4-6-16)12-20-18(19-9-7-17-2-1-10-27-17)21-15-8-11-28(25,26)13-15;/h1-6,10,15H,7-9,11-13H2,(H2,19,20,21);1H. The summed E-state index contributed by atoms with van der Waals surface area (Å²) in [4.78, 5) is 16.1. The van der Waals surface area contributed by atoms with E-state index in [1.807, 2.05) is 11.4 Å². The lowest BCUT2D eigenvalue weighted by Gasteiger charge is -2.16. The molecule has 0 amide bonds. The van der Waals surface area contributed by atoms with Crippen LogP contribution in [0.15, 0.2) is 46.8 Å². The number of benzene rings is 1. The molecule has 8 nitrogen and oxygen atoms in total. The van der Waals surface area contributed by atoms with Gasteiger partial charge in [-0.15, -0.1) is 35.3 Å². The van der Waals surface area contributed by atoms with Crippen LogP contribution in [0.5, 0.6) is 0 Å². The molecule has 1 aliphatic rings. The van der Waals surface area contributed by atoms with Gasteiger partial charge in [-0.3, -0.25) is 10.1 Å². The molecule has 29 heavy (non-hydrogen) atoms. The Balaban J connectivity index is 0.00000300. The zero-order valence-electron chi connectivity index (χ0n) is 15.6. The van der Waals surface area contributed by atoms with Gasteiger partial charge in [0.1, 0.15) is 0 Å². The molecule has 3 rings (SSSR count). The number of aliphatic imine (C=N–C) groups is 1. The van der Waals surface area contributed by atoms with Crippen LogP contribution < -0.4 is 10.6 Å². The molecule has 0 radical (unpaired) electrons. The monoisotopic (exact) mass is 550 g/mol. The Kier molecular flexibility index (Phi) is 8.83. The fraction of sp³-hybridized carbons (Fsp3) is 0.389. The molecular weight excluding hydrogens is 527 g/mol. The van der Waals surface area contributed by atoms with Crippen LogP contribution in [0.25, 0.3) is 0 Å². The third-order valence-electron chi connectivity index (χ3n) is 4.38. The first-order valence-corrected chi connectivity index (χ1v) is 11.6. The highest BCUT2D eigenvalue weighted by molar-refractivity contribution is 14.0. The van der Waals surface area contributed by atoms with E-state index in [0.717, 1.165) is 12.0 Å². The van der Waals surface area contributed by atoms with Gasteiger partial charge in [0, 0.05) is 29.6 Å². The van der Waals surface area contributed by atoms with Gasteiger partial charge in [0.05, 0.1) is 23.0 Å². The number of nitro benzene ring substituents is 1. The summed E-state index contributed by atoms with van der Waals surface area (Å²) in [5.41, 5.74) is 0.875. The predicted molar refractivity (Wildman–Crippen MR) is 126 cm³/mol. The maximum Gasteiger partial charge on any atom is 0.269 e. The van der Waals surface area contributed by atoms with Crippen molar-refractivity contribution < 1.29 is 13.3 Å². The van der Waals surface area contributed by atoms with Crippen LogP contribution in [0.3, 0.4) is 0 Å². The second kappa shape index (κ2) is 10.9. The number of non-ortho nitro benzene ring substituents is 1. The Labute approximate surface area is 190 Å². The molecule has 1 fully saturated rings. The topological polar surface area (TPSA) is 114 Å². The number of hydrogen-bond acceptors (Lipinski definition) is 6. The van der Waals surface area contributed by atoms with E-state index in [4.69, 9.17) is 0 Å². The van der Waals surface area contributed by atoms with E-state index in [0.29, 0.717) is 25.5 Å². The number of nitro groups is 1. The molecule has 2 heterocycles. The Hall–Kier alpha value is -1.73. The van der Waals surface area contributed by atoms with Crippen molar-refractivity contribution in [2.45, 2.75) is 25.4 Å². The number of hydrogen-bond donors (Lipinski definition) is 2. The number of nitrogens with one attached hydrogen (secondary N) is 2. The maximum atomic E-state index is 11.7. The minimum atomic E-state index is -2.98. The molecule has 11 heteroatoms. The van der Waals surface area contributed by atoms with Gasteiger partial charge < -0.3 is 10.6 Å². The number of thiophene rings is 1. The maximum absolute atomic E-state index is 11.7. The second-order valence-electron chi connectivity index (χ2n) is 6.59. The second-order valence-corrected chi connectivity index (χ2v) is 9.85. The predicted octanol–water partition coefficient (Wildman–Crippen LogP) is 2.74. The number of halogens is 1. The van der Waals surface area contributed by atoms with Crippen LogP contribution in [0, 0.1) is 10.1 Å². The van der Waals surface area contributed by atoms with Crippen LogP contribution in [0.2, 0.25) is 0 Å². The van der Waals surface area contributed by atoms with E-state index < -0.39 is 14.8 Å². The van der Waals surface area contributed by atoms with Crippen molar-refractivity contribution in [3.63, 3.8) is 0 Å². The lowest BCUT2D eigenvalue weighted by molar-refractivity contribution is -0.384. The van der Waals surface area contributed by atoms with Gasteiger partial charge in [-0.25, -0.2) is 13.4 Å². The first-order chi connectivity index (χ1) is 13.4. The van der Waals surface area contributed by atoms with Crippen LogP contribution in [-0.2, 0) is 22.8 Å². The minimum absolute atomic E-state index is 0. The molecule has 0 saturated carbocycles. The van der Waals surface area contributed by atoms with Crippen LogP contribution >= 0.6 is 35.3 Å². The third-order valence-corrected chi connectivity index (χ3v) is 7.09. The van der Waals surface area contributed by atoms with Crippen LogP contribution in [0.4, 0.5) is 5.69 Å². The Bertz CT molecular complexity index is 931. The van der Waals surface area contributed by atoms with Crippen LogP contribution in [0.1, 0.15) is 16.9 Å². The van der Waals surface area contributed by atoms with Crippen molar-refractivity contribution in [2.75, 3.05) is 18.1 Å². The molecule has 2 aromatic rings. The third kappa shape index (κ3) is 7.55. The van der Waals surface area contributed by atoms with Crippen molar-refractivity contribution in [3.8, 4) is 0 Å². The zero-order valence-corrected chi connectivity index (χ0v) is 19.6. The summed E-state index contributed by atoms with van der Waals surface area (Å²) in [5.74, 6) is 0.850. The first kappa shape index (κ1) is 23.5. The summed E-state index contributed by atoms with van der Waals surface area (Å²) in [7, 11) is -2.98. The largest absolute Gasteiger partial charge is 0.356 e. The van der Waals surface area contributed by atoms with Crippen molar-refractivity contribution in [1.29, 1.82) is 0 Å². The van der Waals surface area contributed by atoms with Crippen molar-refractivity contribution in [3.05, 3.63) is 62.3 Å². The van der Waals surface area contributed by atoms with Gasteiger partial charge >= 0.3 is 0 Å². The number of sulfone groups is 1.